The van der Waals surface area contributed by atoms with Gasteiger partial charge in [-0.3, -0.25) is 4.79 Å². The number of hydrogen-bond acceptors (Lipinski definition) is 2. The molecular weight excluding hydrogens is 212 g/mol. The van der Waals surface area contributed by atoms with E-state index in [0.29, 0.717) is 18.4 Å². The highest BCUT2D eigenvalue weighted by Gasteiger charge is 2.21. The van der Waals surface area contributed by atoms with Gasteiger partial charge < -0.3 is 10.2 Å². The van der Waals surface area contributed by atoms with Crippen molar-refractivity contribution >= 4 is 5.91 Å². The summed E-state index contributed by atoms with van der Waals surface area (Å²) >= 11 is 0. The van der Waals surface area contributed by atoms with Gasteiger partial charge in [0.1, 0.15) is 0 Å². The Morgan fingerprint density at radius 1 is 1.24 bits per heavy atom. The van der Waals surface area contributed by atoms with Crippen LogP contribution in [0.5, 0.6) is 0 Å². The van der Waals surface area contributed by atoms with Crippen LogP contribution in [0, 0.1) is 5.92 Å². The summed E-state index contributed by atoms with van der Waals surface area (Å²) in [5.74, 6) is 1.21. The summed E-state index contributed by atoms with van der Waals surface area (Å²) in [6.45, 7) is 2.04. The smallest absolute Gasteiger partial charge is 0.223 e. The first kappa shape index (κ1) is 12.9. The van der Waals surface area contributed by atoms with Crippen molar-refractivity contribution in [3.05, 3.63) is 0 Å². The van der Waals surface area contributed by atoms with Crippen molar-refractivity contribution < 1.29 is 4.79 Å². The summed E-state index contributed by atoms with van der Waals surface area (Å²) in [4.78, 5) is 13.9. The Hall–Kier alpha value is -0.570. The van der Waals surface area contributed by atoms with Gasteiger partial charge in [-0.05, 0) is 31.7 Å². The second-order valence-corrected chi connectivity index (χ2v) is 5.75. The van der Waals surface area contributed by atoms with Crippen molar-refractivity contribution in [2.45, 2.75) is 57.4 Å². The third kappa shape index (κ3) is 3.98. The molecule has 3 nitrogen and oxygen atoms in total. The van der Waals surface area contributed by atoms with Crippen molar-refractivity contribution in [1.29, 1.82) is 0 Å². The van der Waals surface area contributed by atoms with E-state index in [4.69, 9.17) is 0 Å². The maximum atomic E-state index is 12.0. The normalized spacial score (nSPS) is 25.4. The van der Waals surface area contributed by atoms with Gasteiger partial charge >= 0.3 is 0 Å². The highest BCUT2D eigenvalue weighted by molar-refractivity contribution is 5.76. The van der Waals surface area contributed by atoms with Crippen LogP contribution in [-0.4, -0.2) is 37.0 Å². The average Bonchev–Trinajstić information content (AvgIpc) is 2.98. The van der Waals surface area contributed by atoms with E-state index < -0.39 is 0 Å². The van der Waals surface area contributed by atoms with Crippen molar-refractivity contribution in [3.63, 3.8) is 0 Å². The van der Waals surface area contributed by atoms with Crippen LogP contribution >= 0.6 is 0 Å². The Morgan fingerprint density at radius 3 is 2.65 bits per heavy atom. The van der Waals surface area contributed by atoms with Gasteiger partial charge in [0.2, 0.25) is 5.91 Å². The molecule has 0 aromatic rings. The summed E-state index contributed by atoms with van der Waals surface area (Å²) < 4.78 is 0. The molecule has 2 aliphatic rings. The Kier molecular flexibility index (Phi) is 4.84. The molecule has 2 rings (SSSR count). The Bertz CT molecular complexity index is 243. The lowest BCUT2D eigenvalue weighted by Gasteiger charge is -2.21. The van der Waals surface area contributed by atoms with Gasteiger partial charge in [0.25, 0.3) is 0 Å². The predicted molar refractivity (Wildman–Crippen MR) is 69.9 cm³/mol. The van der Waals surface area contributed by atoms with Crippen LogP contribution in [0.2, 0.25) is 0 Å². The van der Waals surface area contributed by atoms with Crippen LogP contribution in [0.3, 0.4) is 0 Å². The van der Waals surface area contributed by atoms with Gasteiger partial charge in [-0.1, -0.05) is 25.7 Å². The van der Waals surface area contributed by atoms with Gasteiger partial charge in [-0.25, -0.2) is 0 Å². The third-order valence-corrected chi connectivity index (χ3v) is 4.36. The van der Waals surface area contributed by atoms with Crippen LogP contribution < -0.4 is 5.32 Å². The highest BCUT2D eigenvalue weighted by atomic mass is 16.2. The van der Waals surface area contributed by atoms with E-state index >= 15 is 0 Å². The number of carbonyl (C=O) groups is 1. The SMILES string of the molecule is CN(CCC1CCCC1)C(=O)CC1CCCN1. The number of carbonyl (C=O) groups excluding carboxylic acids is 1. The van der Waals surface area contributed by atoms with Gasteiger partial charge in [-0.15, -0.1) is 0 Å². The molecule has 1 heterocycles. The van der Waals surface area contributed by atoms with Crippen LogP contribution in [-0.2, 0) is 4.79 Å². The van der Waals surface area contributed by atoms with Crippen molar-refractivity contribution in [3.8, 4) is 0 Å². The minimum Gasteiger partial charge on any atom is -0.346 e. The molecule has 0 spiro atoms. The fourth-order valence-corrected chi connectivity index (χ4v) is 3.10. The second kappa shape index (κ2) is 6.39. The maximum Gasteiger partial charge on any atom is 0.223 e. The van der Waals surface area contributed by atoms with Crippen molar-refractivity contribution in [2.24, 2.45) is 5.92 Å². The highest BCUT2D eigenvalue weighted by Crippen LogP contribution is 2.27. The van der Waals surface area contributed by atoms with Crippen molar-refractivity contribution in [1.82, 2.24) is 10.2 Å². The fourth-order valence-electron chi connectivity index (χ4n) is 3.10. The molecule has 0 bridgehead atoms. The van der Waals surface area contributed by atoms with E-state index in [9.17, 15) is 4.79 Å². The van der Waals surface area contributed by atoms with Gasteiger partial charge in [0.15, 0.2) is 0 Å². The molecule has 1 aliphatic carbocycles. The molecular formula is C14H26N2O. The van der Waals surface area contributed by atoms with E-state index in [-0.39, 0.29) is 0 Å². The maximum absolute atomic E-state index is 12.0. The third-order valence-electron chi connectivity index (χ3n) is 4.36. The molecule has 1 amide bonds. The minimum absolute atomic E-state index is 0.322. The molecule has 0 radical (unpaired) electrons. The van der Waals surface area contributed by atoms with Crippen molar-refractivity contribution in [2.75, 3.05) is 20.1 Å². The standard InChI is InChI=1S/C14H26N2O/c1-16(10-8-12-5-2-3-6-12)14(17)11-13-7-4-9-15-13/h12-13,15H,2-11H2,1H3. The van der Waals surface area contributed by atoms with Crippen LogP contribution in [0.25, 0.3) is 0 Å². The summed E-state index contributed by atoms with van der Waals surface area (Å²) in [5, 5.41) is 3.39. The molecule has 98 valence electrons. The molecule has 1 aliphatic heterocycles. The van der Waals surface area contributed by atoms with E-state index in [1.807, 2.05) is 11.9 Å². The molecule has 17 heavy (non-hydrogen) atoms. The zero-order valence-electron chi connectivity index (χ0n) is 11.1. The molecule has 1 saturated carbocycles. The Morgan fingerprint density at radius 2 is 2.00 bits per heavy atom. The predicted octanol–water partition coefficient (Wildman–Crippen LogP) is 2.17. The summed E-state index contributed by atoms with van der Waals surface area (Å²) in [6, 6.07) is 0.441. The fraction of sp³-hybridized carbons (Fsp3) is 0.929. The average molecular weight is 238 g/mol. The van der Waals surface area contributed by atoms with Gasteiger partial charge in [0, 0.05) is 26.1 Å². The van der Waals surface area contributed by atoms with E-state index in [1.54, 1.807) is 0 Å². The van der Waals surface area contributed by atoms with Crippen LogP contribution in [0.1, 0.15) is 51.4 Å². The Labute approximate surface area is 105 Å². The monoisotopic (exact) mass is 238 g/mol. The molecule has 1 saturated heterocycles. The van der Waals surface area contributed by atoms with Crippen LogP contribution in [0.15, 0.2) is 0 Å². The summed E-state index contributed by atoms with van der Waals surface area (Å²) in [7, 11) is 1.96. The first-order chi connectivity index (χ1) is 8.25. The lowest BCUT2D eigenvalue weighted by molar-refractivity contribution is -0.130. The summed E-state index contributed by atoms with van der Waals surface area (Å²) in [6.07, 6.45) is 9.86. The lowest BCUT2D eigenvalue weighted by Crippen LogP contribution is -2.34. The zero-order valence-corrected chi connectivity index (χ0v) is 11.1. The molecule has 1 atom stereocenters. The first-order valence-corrected chi connectivity index (χ1v) is 7.23. The van der Waals surface area contributed by atoms with E-state index in [1.165, 1.54) is 44.9 Å². The molecule has 0 aromatic heterocycles. The number of nitrogens with zero attached hydrogens (tertiary/aromatic N) is 1. The number of rotatable bonds is 5. The quantitative estimate of drug-likeness (QED) is 0.796. The lowest BCUT2D eigenvalue weighted by atomic mass is 10.0. The molecule has 3 heteroatoms. The number of hydrogen-bond donors (Lipinski definition) is 1. The van der Waals surface area contributed by atoms with E-state index in [2.05, 4.69) is 5.32 Å². The molecule has 1 unspecified atom stereocenters. The zero-order chi connectivity index (χ0) is 12.1. The number of amides is 1. The topological polar surface area (TPSA) is 32.3 Å². The van der Waals surface area contributed by atoms with Crippen LogP contribution in [0.4, 0.5) is 0 Å². The number of nitrogens with one attached hydrogen (secondary N) is 1. The van der Waals surface area contributed by atoms with Gasteiger partial charge in [0.05, 0.1) is 0 Å². The van der Waals surface area contributed by atoms with Gasteiger partial charge in [-0.2, -0.15) is 0 Å². The molecule has 1 N–H and O–H groups in total. The minimum atomic E-state index is 0.322. The van der Waals surface area contributed by atoms with E-state index in [0.717, 1.165) is 19.0 Å². The molecule has 2 fully saturated rings. The second-order valence-electron chi connectivity index (χ2n) is 5.75. The Balaban J connectivity index is 1.63. The summed E-state index contributed by atoms with van der Waals surface area (Å²) in [5.41, 5.74) is 0. The molecule has 0 aromatic carbocycles. The first-order valence-electron chi connectivity index (χ1n) is 7.23. The largest absolute Gasteiger partial charge is 0.346 e.